The van der Waals surface area contributed by atoms with Gasteiger partial charge in [-0.05, 0) is 24.6 Å². The van der Waals surface area contributed by atoms with Crippen molar-refractivity contribution in [2.75, 3.05) is 25.3 Å². The molecular formula is C21H23ClN4O4S. The number of nitrogens with zero attached hydrogens (tertiary/aromatic N) is 3. The fraction of sp³-hybridized carbons (Fsp3) is 0.286. The Morgan fingerprint density at radius 2 is 1.94 bits per heavy atom. The molecule has 0 spiro atoms. The average molecular weight is 463 g/mol. The van der Waals surface area contributed by atoms with Crippen LogP contribution < -0.4 is 19.5 Å². The van der Waals surface area contributed by atoms with Crippen molar-refractivity contribution in [3.05, 3.63) is 52.8 Å². The predicted octanol–water partition coefficient (Wildman–Crippen LogP) is 4.10. The number of rotatable bonds is 9. The molecule has 164 valence electrons. The zero-order valence-electron chi connectivity index (χ0n) is 17.6. The Kier molecular flexibility index (Phi) is 7.64. The van der Waals surface area contributed by atoms with Crippen molar-refractivity contribution in [2.45, 2.75) is 18.7 Å². The highest BCUT2D eigenvalue weighted by atomic mass is 35.5. The molecule has 1 amide bonds. The second kappa shape index (κ2) is 10.4. The van der Waals surface area contributed by atoms with Crippen LogP contribution in [0.3, 0.4) is 0 Å². The Hall–Kier alpha value is -2.91. The van der Waals surface area contributed by atoms with E-state index in [2.05, 4.69) is 15.5 Å². The van der Waals surface area contributed by atoms with Gasteiger partial charge in [0.2, 0.25) is 5.91 Å². The summed E-state index contributed by atoms with van der Waals surface area (Å²) in [6.07, 6.45) is 0. The molecule has 10 heteroatoms. The molecule has 0 aliphatic carbocycles. The number of carbonyl (C=O) groups excluding carboxylic acids is 1. The van der Waals surface area contributed by atoms with Gasteiger partial charge in [-0.25, -0.2) is 0 Å². The van der Waals surface area contributed by atoms with E-state index >= 15 is 0 Å². The average Bonchev–Trinajstić information content (AvgIpc) is 3.11. The van der Waals surface area contributed by atoms with Gasteiger partial charge in [0, 0.05) is 19.2 Å². The Morgan fingerprint density at radius 3 is 2.65 bits per heavy atom. The molecule has 0 bridgehead atoms. The highest BCUT2D eigenvalue weighted by molar-refractivity contribution is 7.99. The number of benzene rings is 2. The number of anilines is 1. The van der Waals surface area contributed by atoms with E-state index in [-0.39, 0.29) is 18.3 Å². The number of carbonyl (C=O) groups is 1. The highest BCUT2D eigenvalue weighted by Gasteiger charge is 2.15. The molecule has 0 saturated heterocycles. The minimum atomic E-state index is -0.228. The van der Waals surface area contributed by atoms with Gasteiger partial charge < -0.3 is 24.1 Å². The molecule has 0 aliphatic rings. The molecule has 0 radical (unpaired) electrons. The van der Waals surface area contributed by atoms with Crippen LogP contribution in [0.4, 0.5) is 5.69 Å². The molecule has 0 unspecified atom stereocenters. The number of methoxy groups -OCH3 is 2. The molecule has 1 aromatic heterocycles. The standard InChI is InChI=1S/C21H23ClN4O4S/c1-13-6-5-7-14(8-13)30-11-19-24-25-21(26(19)2)31-12-20(27)23-16-10-17(28-3)15(22)9-18(16)29-4/h5-10H,11-12H2,1-4H3,(H,23,27). The van der Waals surface area contributed by atoms with E-state index in [1.807, 2.05) is 38.2 Å². The number of aryl methyl sites for hydroxylation is 1. The summed E-state index contributed by atoms with van der Waals surface area (Å²) in [5.41, 5.74) is 1.59. The van der Waals surface area contributed by atoms with Crippen LogP contribution in [0.15, 0.2) is 41.6 Å². The van der Waals surface area contributed by atoms with E-state index in [0.717, 1.165) is 11.3 Å². The quantitative estimate of drug-likeness (QED) is 0.479. The van der Waals surface area contributed by atoms with E-state index in [0.29, 0.717) is 33.2 Å². The Morgan fingerprint density at radius 1 is 1.16 bits per heavy atom. The number of hydrogen-bond donors (Lipinski definition) is 1. The van der Waals surface area contributed by atoms with Crippen LogP contribution in [-0.4, -0.2) is 40.6 Å². The van der Waals surface area contributed by atoms with Crippen LogP contribution in [0.5, 0.6) is 17.2 Å². The lowest BCUT2D eigenvalue weighted by atomic mass is 10.2. The Labute approximate surface area is 189 Å². The third kappa shape index (κ3) is 5.83. The zero-order valence-corrected chi connectivity index (χ0v) is 19.2. The second-order valence-corrected chi connectivity index (χ2v) is 7.94. The van der Waals surface area contributed by atoms with Gasteiger partial charge in [-0.1, -0.05) is 35.5 Å². The molecule has 0 fully saturated rings. The molecule has 3 rings (SSSR count). The fourth-order valence-electron chi connectivity index (χ4n) is 2.72. The summed E-state index contributed by atoms with van der Waals surface area (Å²) in [4.78, 5) is 12.5. The Balaban J connectivity index is 1.58. The van der Waals surface area contributed by atoms with Crippen LogP contribution in [0, 0.1) is 6.92 Å². The predicted molar refractivity (Wildman–Crippen MR) is 120 cm³/mol. The van der Waals surface area contributed by atoms with E-state index in [9.17, 15) is 4.79 Å². The molecule has 0 aliphatic heterocycles. The molecular weight excluding hydrogens is 440 g/mol. The number of halogens is 1. The van der Waals surface area contributed by atoms with Crippen molar-refractivity contribution < 1.29 is 19.0 Å². The van der Waals surface area contributed by atoms with Crippen molar-refractivity contribution in [3.63, 3.8) is 0 Å². The smallest absolute Gasteiger partial charge is 0.234 e. The van der Waals surface area contributed by atoms with Gasteiger partial charge in [-0.3, -0.25) is 4.79 Å². The first-order valence-electron chi connectivity index (χ1n) is 9.33. The lowest BCUT2D eigenvalue weighted by Crippen LogP contribution is -2.15. The minimum Gasteiger partial charge on any atom is -0.495 e. The third-order valence-electron chi connectivity index (χ3n) is 4.36. The topological polar surface area (TPSA) is 87.5 Å². The van der Waals surface area contributed by atoms with Gasteiger partial charge in [-0.15, -0.1) is 10.2 Å². The SMILES string of the molecule is COc1cc(NC(=O)CSc2nnc(COc3cccc(C)c3)n2C)c(OC)cc1Cl. The van der Waals surface area contributed by atoms with Crippen LogP contribution in [0.2, 0.25) is 5.02 Å². The summed E-state index contributed by atoms with van der Waals surface area (Å²) in [6.45, 7) is 2.28. The number of hydrogen-bond acceptors (Lipinski definition) is 7. The van der Waals surface area contributed by atoms with E-state index in [4.69, 9.17) is 25.8 Å². The number of aromatic nitrogens is 3. The number of ether oxygens (including phenoxy) is 3. The molecule has 3 aromatic rings. The summed E-state index contributed by atoms with van der Waals surface area (Å²) in [6, 6.07) is 11.0. The summed E-state index contributed by atoms with van der Waals surface area (Å²) in [5, 5.41) is 12.1. The monoisotopic (exact) mass is 462 g/mol. The largest absolute Gasteiger partial charge is 0.495 e. The van der Waals surface area contributed by atoms with Gasteiger partial charge in [0.15, 0.2) is 11.0 Å². The molecule has 1 heterocycles. The lowest BCUT2D eigenvalue weighted by molar-refractivity contribution is -0.113. The van der Waals surface area contributed by atoms with Gasteiger partial charge in [-0.2, -0.15) is 0 Å². The number of nitrogens with one attached hydrogen (secondary N) is 1. The van der Waals surface area contributed by atoms with Gasteiger partial charge in [0.05, 0.1) is 30.7 Å². The third-order valence-corrected chi connectivity index (χ3v) is 5.68. The van der Waals surface area contributed by atoms with Crippen molar-refractivity contribution >= 4 is 35.0 Å². The number of thioether (sulfide) groups is 1. The molecule has 0 atom stereocenters. The molecule has 0 saturated carbocycles. The van der Waals surface area contributed by atoms with Crippen LogP contribution >= 0.6 is 23.4 Å². The molecule has 8 nitrogen and oxygen atoms in total. The van der Waals surface area contributed by atoms with Crippen LogP contribution in [-0.2, 0) is 18.4 Å². The minimum absolute atomic E-state index is 0.138. The van der Waals surface area contributed by atoms with E-state index in [1.54, 1.807) is 16.7 Å². The first kappa shape index (κ1) is 22.8. The van der Waals surface area contributed by atoms with Crippen molar-refractivity contribution in [3.8, 4) is 17.2 Å². The first-order valence-corrected chi connectivity index (χ1v) is 10.7. The Bertz CT molecular complexity index is 1070. The summed E-state index contributed by atoms with van der Waals surface area (Å²) < 4.78 is 18.1. The molecule has 2 aromatic carbocycles. The van der Waals surface area contributed by atoms with E-state index in [1.165, 1.54) is 26.0 Å². The van der Waals surface area contributed by atoms with Crippen LogP contribution in [0.1, 0.15) is 11.4 Å². The molecule has 1 N–H and O–H groups in total. The maximum atomic E-state index is 12.5. The van der Waals surface area contributed by atoms with Gasteiger partial charge in [0.1, 0.15) is 23.9 Å². The highest BCUT2D eigenvalue weighted by Crippen LogP contribution is 2.36. The maximum Gasteiger partial charge on any atom is 0.234 e. The normalized spacial score (nSPS) is 10.6. The van der Waals surface area contributed by atoms with Crippen molar-refractivity contribution in [2.24, 2.45) is 7.05 Å². The van der Waals surface area contributed by atoms with E-state index < -0.39 is 0 Å². The van der Waals surface area contributed by atoms with Gasteiger partial charge in [0.25, 0.3) is 0 Å². The summed E-state index contributed by atoms with van der Waals surface area (Å²) >= 11 is 7.37. The first-order chi connectivity index (χ1) is 14.9. The van der Waals surface area contributed by atoms with Crippen molar-refractivity contribution in [1.29, 1.82) is 0 Å². The second-order valence-electron chi connectivity index (χ2n) is 6.59. The summed E-state index contributed by atoms with van der Waals surface area (Å²) in [5.74, 6) is 2.22. The number of amides is 1. The zero-order chi connectivity index (χ0) is 22.4. The van der Waals surface area contributed by atoms with Crippen LogP contribution in [0.25, 0.3) is 0 Å². The maximum absolute atomic E-state index is 12.5. The molecule has 31 heavy (non-hydrogen) atoms. The summed E-state index contributed by atoms with van der Waals surface area (Å²) in [7, 11) is 4.84. The van der Waals surface area contributed by atoms with Crippen molar-refractivity contribution in [1.82, 2.24) is 14.8 Å². The fourth-order valence-corrected chi connectivity index (χ4v) is 3.68. The van der Waals surface area contributed by atoms with Gasteiger partial charge >= 0.3 is 0 Å². The lowest BCUT2D eigenvalue weighted by Gasteiger charge is -2.13.